The normalized spacial score (nSPS) is 16.9. The van der Waals surface area contributed by atoms with E-state index in [1.165, 1.54) is 76.5 Å². The molecule has 0 saturated carbocycles. The Labute approximate surface area is 848 Å². The Morgan fingerprint density at radius 3 is 0.973 bits per heavy atom. The molecule has 5 heterocycles. The monoisotopic (exact) mass is 2220 g/mol. The summed E-state index contributed by atoms with van der Waals surface area (Å²) in [5, 5.41) is 46.0. The lowest BCUT2D eigenvalue weighted by atomic mass is 9.81. The molecule has 12 aromatic rings. The summed E-state index contributed by atoms with van der Waals surface area (Å²) in [4.78, 5) is 2.71. The van der Waals surface area contributed by atoms with Crippen LogP contribution in [-0.2, 0) is 30.4 Å². The van der Waals surface area contributed by atoms with E-state index in [-0.39, 0.29) is 61.6 Å². The summed E-state index contributed by atoms with van der Waals surface area (Å²) in [6.45, 7) is -1.82. The van der Waals surface area contributed by atoms with Gasteiger partial charge in [0.05, 0.1) is 43.9 Å². The lowest BCUT2D eigenvalue weighted by Crippen LogP contribution is -2.44. The van der Waals surface area contributed by atoms with Crippen LogP contribution < -0.4 is 44.8 Å². The fraction of sp³-hybridized carbons (Fsp3) is 0.294. The third-order valence-corrected chi connectivity index (χ3v) is 24.8. The highest BCUT2D eigenvalue weighted by Crippen LogP contribution is 2.50. The number of anilines is 4. The Balaban J connectivity index is 0.000000176. The number of nitrogens with one attached hydrogen (secondary N) is 2. The average molecular weight is 2220 g/mol. The van der Waals surface area contributed by atoms with Gasteiger partial charge < -0.3 is 64.4 Å². The molecule has 0 spiro atoms. The van der Waals surface area contributed by atoms with Crippen molar-refractivity contribution in [3.05, 3.63) is 336 Å². The van der Waals surface area contributed by atoms with E-state index in [1.54, 1.807) is 91.0 Å². The first-order valence-corrected chi connectivity index (χ1v) is 46.1. The highest BCUT2D eigenvalue weighted by molar-refractivity contribution is 9.10. The molecule has 5 aliphatic rings. The zero-order valence-corrected chi connectivity index (χ0v) is 79.3. The highest BCUT2D eigenvalue weighted by Gasteiger charge is 2.51. The van der Waals surface area contributed by atoms with Gasteiger partial charge in [-0.05, 0) is 262 Å². The summed E-state index contributed by atoms with van der Waals surface area (Å²) in [5.41, 5.74) is 14.0. The summed E-state index contributed by atoms with van der Waals surface area (Å²) in [6.07, 6.45) is -50.8. The fourth-order valence-corrected chi connectivity index (χ4v) is 17.7. The van der Waals surface area contributed by atoms with E-state index in [1.807, 2.05) is 84.9 Å². The zero-order valence-electron chi connectivity index (χ0n) is 74.7. The number of aliphatic hydroxyl groups excluding tert-OH is 2. The molecule has 0 radical (unpaired) electrons. The number of nitrogens with zero attached hydrogens (tertiary/aromatic N) is 2. The topological polar surface area (TPSA) is 161 Å². The van der Waals surface area contributed by atoms with E-state index in [9.17, 15) is 120 Å². The third kappa shape index (κ3) is 30.8. The van der Waals surface area contributed by atoms with Gasteiger partial charge in [0.25, 0.3) is 0 Å². The van der Waals surface area contributed by atoms with E-state index in [0.29, 0.717) is 67.3 Å². The van der Waals surface area contributed by atoms with Gasteiger partial charge in [0.2, 0.25) is 0 Å². The molecule has 17 rings (SSSR count). The fourth-order valence-electron chi connectivity index (χ4n) is 16.3. The Morgan fingerprint density at radius 1 is 0.363 bits per heavy atom. The smallest absolute Gasteiger partial charge is 0.428 e. The van der Waals surface area contributed by atoms with Crippen molar-refractivity contribution in [1.82, 2.24) is 0 Å². The minimum absolute atomic E-state index is 0. The second-order valence-electron chi connectivity index (χ2n) is 33.2. The molecule has 782 valence electrons. The summed E-state index contributed by atoms with van der Waals surface area (Å²) < 4.78 is 341. The van der Waals surface area contributed by atoms with Gasteiger partial charge in [0, 0.05) is 47.3 Å². The van der Waals surface area contributed by atoms with Gasteiger partial charge in [0.1, 0.15) is 23.0 Å². The van der Waals surface area contributed by atoms with Crippen molar-refractivity contribution in [2.45, 2.75) is 170 Å². The van der Waals surface area contributed by atoms with Crippen LogP contribution in [0, 0.1) is 0 Å². The first kappa shape index (κ1) is 115. The van der Waals surface area contributed by atoms with Crippen LogP contribution in [0.2, 0.25) is 20.1 Å². The first-order chi connectivity index (χ1) is 68.2. The lowest BCUT2D eigenvalue weighted by molar-refractivity contribution is -0.253. The lowest BCUT2D eigenvalue weighted by Gasteiger charge is -2.41. The maximum absolute atomic E-state index is 13.5. The number of alkyl halides is 25. The standard InChI is InChI=1S/2C26H21ClF7NO2.C23H18ClF4NO.C17H14BrF4NO.C6H6BClO2.C3H3F3O.CH4/c2*27-17-6-1-4-15(12-17)19-8-3-9-22-20(19)10-11-21(35(22)14-23(36)25(30,31)32)16-5-2-7-18(13-16)37-26(33,34)24(28)29;24-16-6-1-4-14(12-16)18-8-3-9-21-19(18)10-11-20(29-21)15-5-2-7-17(13-15)30-23(27,28)22(25)26;18-13-5-2-6-15-12(13)7-8-14(23-15)10-3-1-4-11(9-10)24-17(21,22)16(19)20;8-6-3-1-2-5(4-6)7(9)10;4-3(5,6)2-1-7-2;/h2*1-9,12-13,21,23-24,36H,10-11,14H2;1-9,12-13,20,22,29H,10-11H2;1-6,9,14,16,23H,7-8H2;1-4,9-10H;2H,1H2;1H4. The van der Waals surface area contributed by atoms with E-state index >= 15 is 0 Å². The van der Waals surface area contributed by atoms with Gasteiger partial charge in [-0.2, -0.15) is 110 Å². The van der Waals surface area contributed by atoms with Crippen LogP contribution in [-0.4, -0.2) is 134 Å². The van der Waals surface area contributed by atoms with E-state index in [4.69, 9.17) is 56.5 Å². The third-order valence-electron chi connectivity index (χ3n) is 23.1. The molecule has 7 atom stereocenters. The second kappa shape index (κ2) is 49.3. The van der Waals surface area contributed by atoms with Crippen LogP contribution in [0.5, 0.6) is 23.0 Å². The summed E-state index contributed by atoms with van der Waals surface area (Å²) in [7, 11) is -1.43. The Kier molecular flexibility index (Phi) is 38.9. The van der Waals surface area contributed by atoms with E-state index in [2.05, 4.69) is 50.2 Å². The predicted molar refractivity (Wildman–Crippen MR) is 511 cm³/mol. The molecule has 12 aromatic carbocycles. The molecule has 44 heteroatoms. The number of halogens is 30. The number of hydrogen-bond acceptors (Lipinski definition) is 13. The van der Waals surface area contributed by atoms with E-state index in [0.717, 1.165) is 115 Å². The van der Waals surface area contributed by atoms with Gasteiger partial charge in [-0.1, -0.05) is 209 Å². The number of β-amino-alcohol motifs (C(OH)–C–C–N with tert-alkyl or cyclic N) is 2. The van der Waals surface area contributed by atoms with Crippen molar-refractivity contribution in [2.24, 2.45) is 0 Å². The summed E-state index contributed by atoms with van der Waals surface area (Å²) >= 11 is 27.5. The van der Waals surface area contributed by atoms with Crippen molar-refractivity contribution >= 4 is 97.7 Å². The van der Waals surface area contributed by atoms with Crippen molar-refractivity contribution in [3.8, 4) is 56.4 Å². The van der Waals surface area contributed by atoms with Crippen LogP contribution in [0.3, 0.4) is 0 Å². The Bertz CT molecular complexity index is 6170. The molecule has 0 aliphatic carbocycles. The molecule has 1 fully saturated rings. The molecule has 6 N–H and O–H groups in total. The largest absolute Gasteiger partial charge is 0.488 e. The van der Waals surface area contributed by atoms with Crippen LogP contribution in [0.15, 0.2) is 271 Å². The number of hydrogen-bond donors (Lipinski definition) is 6. The zero-order chi connectivity index (χ0) is 106. The van der Waals surface area contributed by atoms with Crippen molar-refractivity contribution in [1.29, 1.82) is 0 Å². The Morgan fingerprint density at radius 2 is 0.658 bits per heavy atom. The predicted octanol–water partition coefficient (Wildman–Crippen LogP) is 30.1. The highest BCUT2D eigenvalue weighted by atomic mass is 79.9. The van der Waals surface area contributed by atoms with Gasteiger partial charge in [-0.15, -0.1) is 0 Å². The molecular weight excluding hydrogens is 2130 g/mol. The van der Waals surface area contributed by atoms with Gasteiger partial charge in [0.15, 0.2) is 18.3 Å². The van der Waals surface area contributed by atoms with Crippen molar-refractivity contribution < 1.29 is 154 Å². The summed E-state index contributed by atoms with van der Waals surface area (Å²) in [6, 6.07) is 69.7. The summed E-state index contributed by atoms with van der Waals surface area (Å²) in [5.74, 6) is -1.69. The number of rotatable bonds is 24. The number of epoxide rings is 1. The molecule has 0 bridgehead atoms. The van der Waals surface area contributed by atoms with E-state index < -0.39 is 131 Å². The second-order valence-corrected chi connectivity index (χ2v) is 35.8. The SMILES string of the molecule is C.FC(F)(F)C1CO1.FC(F)C(F)(F)Oc1cccc(C2CCc3c(Br)cccc3N2)c1.FC(F)C(F)(F)Oc1cccc(C2CCc3c(cccc3-c3cccc(Cl)c3)N2)c1.OB(O)c1cccc(Cl)c1.OC(CN1c2cccc(-c3cccc(Cl)c3)c2CCC1c1cccc(OC(F)(F)C(F)F)c1)C(F)(F)F.OC(CN1c2cccc(-c3cccc(Cl)c3)c2CCC1c1cccc(OC(F)(F)C(F)F)c1)C(F)(F)F. The average Bonchev–Trinajstić information content (AvgIpc) is 0.986. The molecule has 146 heavy (non-hydrogen) atoms. The number of fused-ring (bicyclic) bond motifs is 4. The van der Waals surface area contributed by atoms with Crippen LogP contribution in [0.4, 0.5) is 133 Å². The van der Waals surface area contributed by atoms with Gasteiger partial charge in [-0.25, -0.2) is 0 Å². The quantitative estimate of drug-likeness (QED) is 0.0193. The van der Waals surface area contributed by atoms with Gasteiger partial charge >= 0.3 is 75.8 Å². The van der Waals surface area contributed by atoms with Gasteiger partial charge in [-0.3, -0.25) is 0 Å². The number of ether oxygens (including phenoxy) is 5. The number of benzene rings is 12. The first-order valence-electron chi connectivity index (χ1n) is 43.8. The van der Waals surface area contributed by atoms with Crippen molar-refractivity contribution in [3.63, 3.8) is 0 Å². The van der Waals surface area contributed by atoms with Crippen molar-refractivity contribution in [2.75, 3.05) is 40.1 Å². The molecule has 7 unspecified atom stereocenters. The minimum atomic E-state index is -4.91. The molecular formula is C102H87BBrCl4F25N4O9. The molecule has 5 aliphatic heterocycles. The molecule has 1 saturated heterocycles. The molecule has 13 nitrogen and oxygen atoms in total. The number of aliphatic hydroxyl groups is 2. The minimum Gasteiger partial charge on any atom is -0.428 e. The molecule has 0 amide bonds. The maximum atomic E-state index is 13.5. The molecule has 0 aromatic heterocycles. The van der Waals surface area contributed by atoms with Crippen LogP contribution in [0.1, 0.15) is 102 Å². The maximum Gasteiger partial charge on any atom is 0.488 e. The van der Waals surface area contributed by atoms with Crippen LogP contribution >= 0.6 is 62.3 Å². The van der Waals surface area contributed by atoms with Crippen LogP contribution in [0.25, 0.3) is 33.4 Å². The Hall–Kier alpha value is -11.2.